The largest absolute Gasteiger partial charge is 0.478 e. The van der Waals surface area contributed by atoms with E-state index in [0.29, 0.717) is 0 Å². The number of carboxylic acid groups (broad SMARTS) is 1. The first-order valence-corrected chi connectivity index (χ1v) is 7.79. The second kappa shape index (κ2) is 7.57. The van der Waals surface area contributed by atoms with Crippen LogP contribution in [-0.2, 0) is 14.3 Å². The molecule has 0 radical (unpaired) electrons. The van der Waals surface area contributed by atoms with Crippen molar-refractivity contribution in [2.24, 2.45) is 0 Å². The van der Waals surface area contributed by atoms with Crippen LogP contribution in [0.3, 0.4) is 0 Å². The van der Waals surface area contributed by atoms with Crippen molar-refractivity contribution in [3.63, 3.8) is 0 Å². The molecule has 0 saturated carbocycles. The van der Waals surface area contributed by atoms with Crippen LogP contribution in [0.15, 0.2) is 0 Å². The van der Waals surface area contributed by atoms with Crippen LogP contribution in [0, 0.1) is 0 Å². The van der Waals surface area contributed by atoms with Crippen LogP contribution in [0.2, 0.25) is 0 Å². The van der Waals surface area contributed by atoms with Crippen LogP contribution >= 0.6 is 11.8 Å². The van der Waals surface area contributed by atoms with Crippen molar-refractivity contribution in [3.05, 3.63) is 0 Å². The van der Waals surface area contributed by atoms with Gasteiger partial charge in [-0.15, -0.1) is 11.8 Å². The summed E-state index contributed by atoms with van der Waals surface area (Å²) in [6.07, 6.45) is -4.87. The first kappa shape index (κ1) is 19.1. The van der Waals surface area contributed by atoms with E-state index in [1.165, 1.54) is 13.2 Å². The first-order valence-electron chi connectivity index (χ1n) is 6.57. The molecule has 6 atom stereocenters. The molecular formula is C12H21NO8S. The number of thioether (sulfide) groups is 1. The van der Waals surface area contributed by atoms with E-state index in [0.717, 1.165) is 11.8 Å². The lowest BCUT2D eigenvalue weighted by molar-refractivity contribution is -0.205. The number of amides is 1. The number of carboxylic acids is 1. The lowest BCUT2D eigenvalue weighted by Crippen LogP contribution is -2.66. The summed E-state index contributed by atoms with van der Waals surface area (Å²) < 4.78 is 5.42. The molecule has 0 aromatic heterocycles. The highest BCUT2D eigenvalue weighted by Gasteiger charge is 2.54. The molecule has 1 rings (SSSR count). The highest BCUT2D eigenvalue weighted by molar-refractivity contribution is 8.00. The molecule has 9 nitrogen and oxygen atoms in total. The molecular weight excluding hydrogens is 318 g/mol. The van der Waals surface area contributed by atoms with Gasteiger partial charge in [-0.1, -0.05) is 0 Å². The average molecular weight is 339 g/mol. The number of carbonyl (C=O) groups excluding carboxylic acids is 1. The van der Waals surface area contributed by atoms with Gasteiger partial charge in [0.15, 0.2) is 0 Å². The molecule has 1 saturated heterocycles. The molecule has 22 heavy (non-hydrogen) atoms. The van der Waals surface area contributed by atoms with Gasteiger partial charge in [0.05, 0.1) is 18.8 Å². The van der Waals surface area contributed by atoms with Gasteiger partial charge in [-0.2, -0.15) is 0 Å². The molecule has 10 heteroatoms. The maximum atomic E-state index is 11.5. The van der Waals surface area contributed by atoms with Crippen molar-refractivity contribution < 1.29 is 39.9 Å². The second-order valence-corrected chi connectivity index (χ2v) is 6.15. The molecule has 0 aromatic carbocycles. The average Bonchev–Trinajstić information content (AvgIpc) is 2.46. The van der Waals surface area contributed by atoms with Gasteiger partial charge >= 0.3 is 5.97 Å². The minimum atomic E-state index is -1.82. The van der Waals surface area contributed by atoms with Crippen LogP contribution in [0.5, 0.6) is 0 Å². The molecule has 1 heterocycles. The van der Waals surface area contributed by atoms with E-state index >= 15 is 0 Å². The molecule has 1 fully saturated rings. The smallest absolute Gasteiger partial charge is 0.346 e. The van der Waals surface area contributed by atoms with E-state index in [4.69, 9.17) is 9.84 Å². The summed E-state index contributed by atoms with van der Waals surface area (Å²) in [5.74, 6) is -1.87. The van der Waals surface area contributed by atoms with Gasteiger partial charge < -0.3 is 35.6 Å². The minimum Gasteiger partial charge on any atom is -0.478 e. The standard InChI is InChI=1S/C12H21NO8S/c1-5(15)13-8-6(16)3-12(22-2,11(19)20)21-10(8)9(18)7(17)4-14/h6-10,14,16-18H,3-4H2,1-2H3,(H,13,15)(H,19,20)/t6-,7+,8+,9+,10+,12-/m0/s1. The second-order valence-electron chi connectivity index (χ2n) is 5.08. The third-order valence-electron chi connectivity index (χ3n) is 3.52. The summed E-state index contributed by atoms with van der Waals surface area (Å²) in [5.41, 5.74) is 0. The molecule has 1 amide bonds. The Morgan fingerprint density at radius 1 is 1.45 bits per heavy atom. The molecule has 0 bridgehead atoms. The number of aliphatic hydroxyl groups excluding tert-OH is 4. The number of aliphatic hydroxyl groups is 4. The predicted molar refractivity (Wildman–Crippen MR) is 76.1 cm³/mol. The molecule has 0 aliphatic carbocycles. The summed E-state index contributed by atoms with van der Waals surface area (Å²) in [7, 11) is 0. The molecule has 0 aromatic rings. The van der Waals surface area contributed by atoms with Crippen LogP contribution in [-0.4, -0.2) is 85.7 Å². The molecule has 128 valence electrons. The monoisotopic (exact) mass is 339 g/mol. The highest BCUT2D eigenvalue weighted by Crippen LogP contribution is 2.38. The molecule has 1 aliphatic heterocycles. The molecule has 6 N–H and O–H groups in total. The maximum absolute atomic E-state index is 11.5. The van der Waals surface area contributed by atoms with Crippen molar-refractivity contribution in [1.82, 2.24) is 5.32 Å². The number of nitrogens with one attached hydrogen (secondary N) is 1. The topological polar surface area (TPSA) is 157 Å². The van der Waals surface area contributed by atoms with E-state index in [1.807, 2.05) is 0 Å². The van der Waals surface area contributed by atoms with E-state index < -0.39 is 53.9 Å². The summed E-state index contributed by atoms with van der Waals surface area (Å²) in [6.45, 7) is 0.398. The van der Waals surface area contributed by atoms with E-state index in [9.17, 15) is 30.0 Å². The lowest BCUT2D eigenvalue weighted by Gasteiger charge is -2.46. The summed E-state index contributed by atoms with van der Waals surface area (Å²) in [5, 5.41) is 50.4. The molecule has 0 spiro atoms. The third kappa shape index (κ3) is 3.89. The summed E-state index contributed by atoms with van der Waals surface area (Å²) >= 11 is 0.817. The van der Waals surface area contributed by atoms with Crippen molar-refractivity contribution in [1.29, 1.82) is 0 Å². The van der Waals surface area contributed by atoms with E-state index in [-0.39, 0.29) is 6.42 Å². The zero-order valence-electron chi connectivity index (χ0n) is 12.2. The Kier molecular flexibility index (Phi) is 6.59. The third-order valence-corrected chi connectivity index (χ3v) is 4.61. The summed E-state index contributed by atoms with van der Waals surface area (Å²) in [6, 6.07) is -1.12. The SMILES string of the molecule is CS[C@]1(C(=O)O)C[C@H](O)[C@@H](NC(C)=O)[C@H]([C@H](O)[C@H](O)CO)O1. The lowest BCUT2D eigenvalue weighted by atomic mass is 9.90. The fourth-order valence-corrected chi connectivity index (χ4v) is 3.06. The van der Waals surface area contributed by atoms with Gasteiger partial charge in [-0.05, 0) is 6.26 Å². The van der Waals surface area contributed by atoms with E-state index in [2.05, 4.69) is 5.32 Å². The van der Waals surface area contributed by atoms with Crippen molar-refractivity contribution >= 4 is 23.6 Å². The van der Waals surface area contributed by atoms with Crippen LogP contribution < -0.4 is 5.32 Å². The molecule has 0 unspecified atom stereocenters. The number of aliphatic carboxylic acids is 1. The van der Waals surface area contributed by atoms with Gasteiger partial charge in [-0.25, -0.2) is 4.79 Å². The Morgan fingerprint density at radius 2 is 2.05 bits per heavy atom. The Bertz CT molecular complexity index is 422. The first-order chi connectivity index (χ1) is 10.2. The van der Waals surface area contributed by atoms with Crippen molar-refractivity contribution in [2.75, 3.05) is 12.9 Å². The zero-order valence-corrected chi connectivity index (χ0v) is 13.0. The normalized spacial score (nSPS) is 34.7. The van der Waals surface area contributed by atoms with Crippen LogP contribution in [0.4, 0.5) is 0 Å². The van der Waals surface area contributed by atoms with Crippen LogP contribution in [0.25, 0.3) is 0 Å². The minimum absolute atomic E-state index is 0.313. The van der Waals surface area contributed by atoms with E-state index in [1.54, 1.807) is 0 Å². The Labute approximate surface area is 131 Å². The number of hydrogen-bond donors (Lipinski definition) is 6. The number of rotatable bonds is 6. The Morgan fingerprint density at radius 3 is 2.45 bits per heavy atom. The quantitative estimate of drug-likeness (QED) is 0.308. The fraction of sp³-hybridized carbons (Fsp3) is 0.833. The fourth-order valence-electron chi connectivity index (χ4n) is 2.34. The van der Waals surface area contributed by atoms with Crippen molar-refractivity contribution in [3.8, 4) is 0 Å². The van der Waals surface area contributed by atoms with Gasteiger partial charge in [0.25, 0.3) is 0 Å². The Hall–Kier alpha value is -0.910. The highest BCUT2D eigenvalue weighted by atomic mass is 32.2. The Balaban J connectivity index is 3.14. The van der Waals surface area contributed by atoms with Gasteiger partial charge in [0, 0.05) is 13.3 Å². The number of carbonyl (C=O) groups is 2. The number of ether oxygens (including phenoxy) is 1. The maximum Gasteiger partial charge on any atom is 0.346 e. The van der Waals surface area contributed by atoms with Crippen LogP contribution in [0.1, 0.15) is 13.3 Å². The predicted octanol–water partition coefficient (Wildman–Crippen LogP) is -2.50. The summed E-state index contributed by atoms with van der Waals surface area (Å²) in [4.78, 5) is 20.9. The van der Waals surface area contributed by atoms with Gasteiger partial charge in [0.2, 0.25) is 10.8 Å². The zero-order chi connectivity index (χ0) is 17.1. The number of hydrogen-bond acceptors (Lipinski definition) is 8. The van der Waals surface area contributed by atoms with Gasteiger partial charge in [0.1, 0.15) is 18.3 Å². The molecule has 1 aliphatic rings. The van der Waals surface area contributed by atoms with Gasteiger partial charge in [-0.3, -0.25) is 4.79 Å². The van der Waals surface area contributed by atoms with Crippen molar-refractivity contribution in [2.45, 2.75) is 48.7 Å².